The van der Waals surface area contributed by atoms with Crippen LogP contribution in [0.2, 0.25) is 0 Å². The number of nitrogens with one attached hydrogen (secondary N) is 2. The summed E-state index contributed by atoms with van der Waals surface area (Å²) < 4.78 is 7.14. The van der Waals surface area contributed by atoms with Crippen molar-refractivity contribution in [2.75, 3.05) is 49.6 Å². The van der Waals surface area contributed by atoms with Crippen molar-refractivity contribution in [1.82, 2.24) is 30.1 Å². The minimum atomic E-state index is -0.00332. The number of amides is 1. The maximum Gasteiger partial charge on any atom is 0.220 e. The third-order valence-corrected chi connectivity index (χ3v) is 7.30. The number of rotatable bonds is 9. The molecule has 1 fully saturated rings. The third-order valence-electron chi connectivity index (χ3n) is 7.30. The number of hydrogen-bond donors (Lipinski definition) is 2. The summed E-state index contributed by atoms with van der Waals surface area (Å²) in [6, 6.07) is 20.3. The number of hydrogen-bond acceptors (Lipinski definition) is 7. The highest BCUT2D eigenvalue weighted by molar-refractivity contribution is 5.83. The van der Waals surface area contributed by atoms with Crippen LogP contribution < -0.4 is 19.9 Å². The third kappa shape index (κ3) is 5.36. The van der Waals surface area contributed by atoms with Crippen molar-refractivity contribution < 1.29 is 9.53 Å². The van der Waals surface area contributed by atoms with Gasteiger partial charge in [0.25, 0.3) is 0 Å². The SMILES string of the molecule is COc1cccc(N2CCN(c3ccc4nnc(CCC(=O)NCCc5c[nH]c6ccccc56)n4n3)CC2)c1. The number of carbonyl (C=O) groups excluding carboxylic acids is 1. The van der Waals surface area contributed by atoms with Crippen LogP contribution in [0.4, 0.5) is 11.5 Å². The lowest BCUT2D eigenvalue weighted by atomic mass is 10.1. The molecule has 4 heterocycles. The molecule has 2 N–H and O–H groups in total. The Labute approximate surface area is 226 Å². The first-order valence-corrected chi connectivity index (χ1v) is 13.3. The predicted octanol–water partition coefficient (Wildman–Crippen LogP) is 3.23. The Hall–Kier alpha value is -4.60. The van der Waals surface area contributed by atoms with Crippen LogP contribution in [0, 0.1) is 0 Å². The van der Waals surface area contributed by atoms with Crippen LogP contribution >= 0.6 is 0 Å². The van der Waals surface area contributed by atoms with E-state index in [2.05, 4.69) is 54.6 Å². The van der Waals surface area contributed by atoms with Gasteiger partial charge in [0.1, 0.15) is 11.6 Å². The topological polar surface area (TPSA) is 104 Å². The average Bonchev–Trinajstić information content (AvgIpc) is 3.60. The van der Waals surface area contributed by atoms with E-state index in [1.54, 1.807) is 11.6 Å². The van der Waals surface area contributed by atoms with E-state index in [0.29, 0.717) is 30.9 Å². The van der Waals surface area contributed by atoms with Crippen LogP contribution in [0.3, 0.4) is 0 Å². The van der Waals surface area contributed by atoms with E-state index in [1.807, 2.05) is 42.6 Å². The number of carbonyl (C=O) groups is 1. The fourth-order valence-electron chi connectivity index (χ4n) is 5.14. The normalized spacial score (nSPS) is 13.8. The van der Waals surface area contributed by atoms with E-state index in [0.717, 1.165) is 49.7 Å². The number of aryl methyl sites for hydroxylation is 1. The molecule has 200 valence electrons. The van der Waals surface area contributed by atoms with Crippen LogP contribution in [0.1, 0.15) is 17.8 Å². The van der Waals surface area contributed by atoms with Gasteiger partial charge in [-0.1, -0.05) is 24.3 Å². The van der Waals surface area contributed by atoms with Gasteiger partial charge < -0.3 is 24.8 Å². The lowest BCUT2D eigenvalue weighted by molar-refractivity contribution is -0.121. The lowest BCUT2D eigenvalue weighted by Gasteiger charge is -2.36. The van der Waals surface area contributed by atoms with Crippen molar-refractivity contribution in [2.45, 2.75) is 19.3 Å². The van der Waals surface area contributed by atoms with Gasteiger partial charge in [-0.15, -0.1) is 15.3 Å². The molecule has 0 aliphatic carbocycles. The summed E-state index contributed by atoms with van der Waals surface area (Å²) in [7, 11) is 1.69. The highest BCUT2D eigenvalue weighted by Gasteiger charge is 2.20. The van der Waals surface area contributed by atoms with Gasteiger partial charge >= 0.3 is 0 Å². The van der Waals surface area contributed by atoms with Crippen LogP contribution in [0.5, 0.6) is 5.75 Å². The van der Waals surface area contributed by atoms with Crippen molar-refractivity contribution in [3.8, 4) is 5.75 Å². The number of aromatic nitrogens is 5. The highest BCUT2D eigenvalue weighted by atomic mass is 16.5. The summed E-state index contributed by atoms with van der Waals surface area (Å²) in [5, 5.41) is 17.6. The molecule has 1 saturated heterocycles. The Morgan fingerprint density at radius 1 is 0.974 bits per heavy atom. The van der Waals surface area contributed by atoms with Crippen molar-refractivity contribution in [2.24, 2.45) is 0 Å². The van der Waals surface area contributed by atoms with Crippen LogP contribution in [0.25, 0.3) is 16.6 Å². The number of fused-ring (bicyclic) bond motifs is 2. The van der Waals surface area contributed by atoms with E-state index in [4.69, 9.17) is 9.84 Å². The van der Waals surface area contributed by atoms with Gasteiger partial charge in [-0.3, -0.25) is 4.79 Å². The number of anilines is 2. The standard InChI is InChI=1S/C29H32N8O2/c1-39-23-6-4-5-22(19-23)35-15-17-36(18-16-35)28-10-9-26-32-33-27(37(26)34-28)11-12-29(38)30-14-13-21-20-31-25-8-3-2-7-24(21)25/h2-10,19-20,31H,11-18H2,1H3,(H,30,38). The second-order valence-corrected chi connectivity index (χ2v) is 9.71. The molecule has 1 aliphatic rings. The number of para-hydroxylation sites is 1. The number of ether oxygens (including phenoxy) is 1. The van der Waals surface area contributed by atoms with E-state index in [-0.39, 0.29) is 5.91 Å². The Morgan fingerprint density at radius 2 is 1.82 bits per heavy atom. The summed E-state index contributed by atoms with van der Waals surface area (Å²) >= 11 is 0. The van der Waals surface area contributed by atoms with Crippen molar-refractivity contribution >= 4 is 34.0 Å². The Balaban J connectivity index is 1.03. The maximum absolute atomic E-state index is 12.6. The summed E-state index contributed by atoms with van der Waals surface area (Å²) in [6.45, 7) is 4.07. The minimum Gasteiger partial charge on any atom is -0.497 e. The Morgan fingerprint density at radius 3 is 2.69 bits per heavy atom. The average molecular weight is 525 g/mol. The Bertz CT molecular complexity index is 1580. The fraction of sp³-hybridized carbons (Fsp3) is 0.310. The van der Waals surface area contributed by atoms with E-state index >= 15 is 0 Å². The molecule has 0 atom stereocenters. The summed E-state index contributed by atoms with van der Waals surface area (Å²) in [5.41, 5.74) is 4.17. The van der Waals surface area contributed by atoms with Gasteiger partial charge in [0, 0.05) is 74.4 Å². The lowest BCUT2D eigenvalue weighted by Crippen LogP contribution is -2.47. The minimum absolute atomic E-state index is 0.00332. The second kappa shape index (κ2) is 11.0. The Kier molecular flexibility index (Phi) is 6.99. The van der Waals surface area contributed by atoms with Crippen LogP contribution in [-0.2, 0) is 17.6 Å². The van der Waals surface area contributed by atoms with Crippen molar-refractivity contribution in [3.05, 3.63) is 78.2 Å². The highest BCUT2D eigenvalue weighted by Crippen LogP contribution is 2.24. The molecular formula is C29H32N8O2. The first-order chi connectivity index (χ1) is 19.2. The molecular weight excluding hydrogens is 492 g/mol. The van der Waals surface area contributed by atoms with Gasteiger partial charge in [0.05, 0.1) is 7.11 Å². The molecule has 0 radical (unpaired) electrons. The summed E-state index contributed by atoms with van der Waals surface area (Å²) in [5.74, 6) is 2.44. The molecule has 10 heteroatoms. The van der Waals surface area contributed by atoms with Gasteiger partial charge in [-0.25, -0.2) is 0 Å². The first kappa shape index (κ1) is 24.7. The van der Waals surface area contributed by atoms with Crippen molar-refractivity contribution in [3.63, 3.8) is 0 Å². The van der Waals surface area contributed by atoms with Gasteiger partial charge in [0.2, 0.25) is 5.91 Å². The van der Waals surface area contributed by atoms with E-state index in [1.165, 1.54) is 16.6 Å². The molecule has 10 nitrogen and oxygen atoms in total. The number of benzene rings is 2. The fourth-order valence-corrected chi connectivity index (χ4v) is 5.14. The number of methoxy groups -OCH3 is 1. The molecule has 0 spiro atoms. The zero-order valence-corrected chi connectivity index (χ0v) is 22.0. The van der Waals surface area contributed by atoms with Gasteiger partial charge in [-0.05, 0) is 42.3 Å². The van der Waals surface area contributed by atoms with E-state index < -0.39 is 0 Å². The largest absolute Gasteiger partial charge is 0.497 e. The molecule has 0 bridgehead atoms. The van der Waals surface area contributed by atoms with Crippen LogP contribution in [0.15, 0.2) is 66.9 Å². The zero-order valence-electron chi connectivity index (χ0n) is 22.0. The molecule has 39 heavy (non-hydrogen) atoms. The molecule has 0 saturated carbocycles. The zero-order chi connectivity index (χ0) is 26.6. The van der Waals surface area contributed by atoms with Crippen LogP contribution in [-0.4, -0.2) is 70.5 Å². The number of piperazine rings is 1. The summed E-state index contributed by atoms with van der Waals surface area (Å²) in [6.07, 6.45) is 3.60. The number of nitrogens with zero attached hydrogens (tertiary/aromatic N) is 6. The molecule has 3 aromatic heterocycles. The van der Waals surface area contributed by atoms with Gasteiger partial charge in [-0.2, -0.15) is 4.52 Å². The second-order valence-electron chi connectivity index (χ2n) is 9.71. The molecule has 1 amide bonds. The van der Waals surface area contributed by atoms with Gasteiger partial charge in [0.15, 0.2) is 11.5 Å². The number of H-pyrrole nitrogens is 1. The molecule has 2 aromatic carbocycles. The van der Waals surface area contributed by atoms with E-state index in [9.17, 15) is 4.79 Å². The molecule has 1 aliphatic heterocycles. The quantitative estimate of drug-likeness (QED) is 0.305. The smallest absolute Gasteiger partial charge is 0.220 e. The summed E-state index contributed by atoms with van der Waals surface area (Å²) in [4.78, 5) is 20.5. The number of aromatic amines is 1. The monoisotopic (exact) mass is 524 g/mol. The van der Waals surface area contributed by atoms with Crippen molar-refractivity contribution in [1.29, 1.82) is 0 Å². The molecule has 6 rings (SSSR count). The first-order valence-electron chi connectivity index (χ1n) is 13.3. The predicted molar refractivity (Wildman–Crippen MR) is 152 cm³/mol. The molecule has 5 aromatic rings. The molecule has 0 unspecified atom stereocenters. The maximum atomic E-state index is 12.6.